The molecule has 6 aliphatic rings. The molecule has 14 nitrogen and oxygen atoms in total. The SMILES string of the molecule is CC[C@H]1c2c(cnn2C2CN(Cc3cccc(C(=O)N4CC5CC5C4)n3)C2)-c2cccc(Nc3cc(NC(=O)C4CC4)nnc3C(=O)NC3CC3)c2N1C. The highest BCUT2D eigenvalue weighted by molar-refractivity contribution is 6.01. The van der Waals surface area contributed by atoms with Crippen LogP contribution in [0, 0.1) is 17.8 Å². The summed E-state index contributed by atoms with van der Waals surface area (Å²) in [6, 6.07) is 14.1. The number of anilines is 4. The second-order valence-corrected chi connectivity index (χ2v) is 16.1. The summed E-state index contributed by atoms with van der Waals surface area (Å²) >= 11 is 0. The summed E-state index contributed by atoms with van der Waals surface area (Å²) in [7, 11) is 2.11. The third-order valence-corrected chi connectivity index (χ3v) is 12.0. The van der Waals surface area contributed by atoms with E-state index < -0.39 is 0 Å². The molecule has 3 aliphatic carbocycles. The number of hydrogen-bond donors (Lipinski definition) is 3. The molecule has 2 saturated heterocycles. The molecule has 0 bridgehead atoms. The molecule has 0 radical (unpaired) electrons. The number of aromatic nitrogens is 5. The highest BCUT2D eigenvalue weighted by Crippen LogP contribution is 2.50. The summed E-state index contributed by atoms with van der Waals surface area (Å²) in [5.41, 5.74) is 7.32. The van der Waals surface area contributed by atoms with Crippen molar-refractivity contribution in [2.45, 2.75) is 70.1 Å². The maximum absolute atomic E-state index is 13.3. The van der Waals surface area contributed by atoms with Crippen LogP contribution in [0.2, 0.25) is 0 Å². The van der Waals surface area contributed by atoms with Crippen LogP contribution in [0.1, 0.15) is 89.9 Å². The summed E-state index contributed by atoms with van der Waals surface area (Å²) < 4.78 is 2.22. The van der Waals surface area contributed by atoms with Crippen molar-refractivity contribution in [3.63, 3.8) is 0 Å². The van der Waals surface area contributed by atoms with E-state index in [1.165, 1.54) is 12.1 Å². The Hall–Kier alpha value is -5.37. The highest BCUT2D eigenvalue weighted by atomic mass is 16.2. The Labute approximate surface area is 313 Å². The van der Waals surface area contributed by atoms with Crippen LogP contribution < -0.4 is 20.9 Å². The van der Waals surface area contributed by atoms with E-state index >= 15 is 0 Å². The van der Waals surface area contributed by atoms with Gasteiger partial charge in [0.05, 0.1) is 46.7 Å². The van der Waals surface area contributed by atoms with Crippen molar-refractivity contribution in [2.75, 3.05) is 48.8 Å². The number of pyridine rings is 1. The second-order valence-electron chi connectivity index (χ2n) is 16.1. The first-order valence-corrected chi connectivity index (χ1v) is 19.5. The van der Waals surface area contributed by atoms with Gasteiger partial charge < -0.3 is 25.8 Å². The fourth-order valence-corrected chi connectivity index (χ4v) is 8.63. The smallest absolute Gasteiger partial charge is 0.274 e. The number of carbonyl (C=O) groups excluding carboxylic acids is 3. The molecule has 5 fully saturated rings. The Morgan fingerprint density at radius 2 is 1.70 bits per heavy atom. The topological polar surface area (TPSA) is 154 Å². The van der Waals surface area contributed by atoms with Gasteiger partial charge in [0.2, 0.25) is 5.91 Å². The number of fused-ring (bicyclic) bond motifs is 4. The molecule has 1 aromatic carbocycles. The van der Waals surface area contributed by atoms with Crippen molar-refractivity contribution in [1.29, 1.82) is 0 Å². The molecule has 3 aromatic heterocycles. The number of likely N-dealkylation sites (tertiary alicyclic amines) is 2. The summed E-state index contributed by atoms with van der Waals surface area (Å²) in [5, 5.41) is 22.9. The predicted octanol–water partition coefficient (Wildman–Crippen LogP) is 4.77. The number of para-hydroxylation sites is 1. The molecule has 3 saturated carbocycles. The molecule has 10 rings (SSSR count). The summed E-state index contributed by atoms with van der Waals surface area (Å²) in [4.78, 5) is 50.4. The molecular weight excluding hydrogens is 683 g/mol. The number of nitrogens with one attached hydrogen (secondary N) is 3. The van der Waals surface area contributed by atoms with E-state index in [0.29, 0.717) is 35.6 Å². The third-order valence-electron chi connectivity index (χ3n) is 12.0. The van der Waals surface area contributed by atoms with Crippen LogP contribution in [-0.2, 0) is 11.3 Å². The Bertz CT molecular complexity index is 2160. The number of piperidine rings is 1. The first kappa shape index (κ1) is 33.2. The molecule has 3 aliphatic heterocycles. The van der Waals surface area contributed by atoms with Gasteiger partial charge in [-0.05, 0) is 68.6 Å². The number of carbonyl (C=O) groups is 3. The summed E-state index contributed by atoms with van der Waals surface area (Å²) in [6.45, 7) is 6.33. The standard InChI is InChI=1S/C40H45N11O3/c1-3-33-37-29(16-41-51(37)27-20-49(21-27)19-26-6-4-9-31(42-26)40(54)50-17-23-14-24(23)18-50)28-7-5-8-30(36(28)48(33)2)44-32-15-34(45-38(52)22-10-11-22)46-47-35(32)39(53)43-25-12-13-25/h4-9,15-16,22-25,27,33H,3,10-14,17-21H2,1-2H3,(H,43,53)(H2,44,45,46,52)/t23?,24?,33-/m0/s1. The van der Waals surface area contributed by atoms with Crippen molar-refractivity contribution in [3.05, 3.63) is 71.4 Å². The minimum absolute atomic E-state index is 0.01000. The molecule has 3 N–H and O–H groups in total. The zero-order valence-electron chi connectivity index (χ0n) is 30.7. The van der Waals surface area contributed by atoms with Gasteiger partial charge in [-0.25, -0.2) is 4.98 Å². The van der Waals surface area contributed by atoms with Crippen LogP contribution in [-0.4, -0.2) is 91.8 Å². The van der Waals surface area contributed by atoms with Gasteiger partial charge in [-0.1, -0.05) is 25.1 Å². The van der Waals surface area contributed by atoms with Gasteiger partial charge in [0.15, 0.2) is 11.5 Å². The molecule has 6 heterocycles. The molecule has 4 aromatic rings. The molecule has 3 atom stereocenters. The summed E-state index contributed by atoms with van der Waals surface area (Å²) in [6.07, 6.45) is 7.78. The highest BCUT2D eigenvalue weighted by Gasteiger charge is 2.47. The van der Waals surface area contributed by atoms with Gasteiger partial charge in [0.25, 0.3) is 11.8 Å². The number of hydrogen-bond acceptors (Lipinski definition) is 10. The Morgan fingerprint density at radius 1 is 0.907 bits per heavy atom. The maximum Gasteiger partial charge on any atom is 0.274 e. The van der Waals surface area contributed by atoms with E-state index in [2.05, 4.69) is 60.7 Å². The van der Waals surface area contributed by atoms with Crippen molar-refractivity contribution in [1.82, 2.24) is 40.1 Å². The van der Waals surface area contributed by atoms with Gasteiger partial charge in [-0.15, -0.1) is 10.2 Å². The van der Waals surface area contributed by atoms with Gasteiger partial charge in [-0.3, -0.25) is 24.0 Å². The lowest BCUT2D eigenvalue weighted by Crippen LogP contribution is -2.48. The molecule has 2 unspecified atom stereocenters. The largest absolute Gasteiger partial charge is 0.364 e. The van der Waals surface area contributed by atoms with E-state index in [9.17, 15) is 14.4 Å². The number of nitrogens with zero attached hydrogens (tertiary/aromatic N) is 8. The average Bonchev–Trinajstić information content (AvgIpc) is 4.11. The predicted molar refractivity (Wildman–Crippen MR) is 202 cm³/mol. The fraction of sp³-hybridized carbons (Fsp3) is 0.475. The van der Waals surface area contributed by atoms with Gasteiger partial charge in [0.1, 0.15) is 5.69 Å². The Balaban J connectivity index is 0.886. The second kappa shape index (κ2) is 12.9. The number of benzene rings is 1. The molecule has 14 heteroatoms. The van der Waals surface area contributed by atoms with Gasteiger partial charge >= 0.3 is 0 Å². The first-order chi connectivity index (χ1) is 26.3. The lowest BCUT2D eigenvalue weighted by Gasteiger charge is -2.43. The zero-order valence-corrected chi connectivity index (χ0v) is 30.7. The van der Waals surface area contributed by atoms with E-state index in [-0.39, 0.29) is 47.5 Å². The molecule has 3 amide bonds. The summed E-state index contributed by atoms with van der Waals surface area (Å²) in [5.74, 6) is 1.43. The van der Waals surface area contributed by atoms with E-state index in [1.807, 2.05) is 41.4 Å². The van der Waals surface area contributed by atoms with E-state index in [4.69, 9.17) is 10.1 Å². The zero-order chi connectivity index (χ0) is 36.7. The lowest BCUT2D eigenvalue weighted by molar-refractivity contribution is -0.117. The molecular formula is C40H45N11O3. The third kappa shape index (κ3) is 6.05. The average molecular weight is 728 g/mol. The van der Waals surface area contributed by atoms with Crippen LogP contribution in [0.5, 0.6) is 0 Å². The monoisotopic (exact) mass is 727 g/mol. The first-order valence-electron chi connectivity index (χ1n) is 19.5. The molecule has 0 spiro atoms. The minimum atomic E-state index is -0.287. The van der Waals surface area contributed by atoms with E-state index in [1.54, 1.807) is 6.07 Å². The van der Waals surface area contributed by atoms with Crippen molar-refractivity contribution in [3.8, 4) is 11.1 Å². The maximum atomic E-state index is 13.3. The van der Waals surface area contributed by atoms with Crippen molar-refractivity contribution < 1.29 is 14.4 Å². The quantitative estimate of drug-likeness (QED) is 0.197. The van der Waals surface area contributed by atoms with Crippen LogP contribution in [0.3, 0.4) is 0 Å². The Kier molecular flexibility index (Phi) is 7.93. The number of rotatable bonds is 11. The minimum Gasteiger partial charge on any atom is -0.364 e. The van der Waals surface area contributed by atoms with Crippen LogP contribution in [0.4, 0.5) is 22.9 Å². The Morgan fingerprint density at radius 3 is 2.46 bits per heavy atom. The molecule has 54 heavy (non-hydrogen) atoms. The van der Waals surface area contributed by atoms with Crippen LogP contribution >= 0.6 is 0 Å². The fourth-order valence-electron chi connectivity index (χ4n) is 8.63. The number of amides is 3. The molecule has 278 valence electrons. The van der Waals surface area contributed by atoms with E-state index in [0.717, 1.165) is 86.5 Å². The van der Waals surface area contributed by atoms with Crippen molar-refractivity contribution in [2.24, 2.45) is 17.8 Å². The lowest BCUT2D eigenvalue weighted by atomic mass is 9.91. The van der Waals surface area contributed by atoms with Gasteiger partial charge in [0, 0.05) is 68.9 Å². The van der Waals surface area contributed by atoms with Gasteiger partial charge in [-0.2, -0.15) is 5.10 Å². The van der Waals surface area contributed by atoms with Crippen LogP contribution in [0.15, 0.2) is 48.7 Å². The van der Waals surface area contributed by atoms with Crippen molar-refractivity contribution >= 4 is 40.6 Å². The normalized spacial score (nSPS) is 22.9. The van der Waals surface area contributed by atoms with Crippen LogP contribution in [0.25, 0.3) is 11.1 Å².